The van der Waals surface area contributed by atoms with Gasteiger partial charge in [-0.25, -0.2) is 0 Å². The minimum absolute atomic E-state index is 0.169. The van der Waals surface area contributed by atoms with Crippen molar-refractivity contribution in [2.45, 2.75) is 26.4 Å². The average molecular weight is 402 g/mol. The molecule has 0 aromatic heterocycles. The monoisotopic (exact) mass is 401 g/mol. The standard InChI is InChI=1S/C21H20ClNO5/c1-12(24)17-5-3-4-6-18(17)23-20(25)13(2)28-21(26)15-9-14-10-16(22)7-8-19(14)27-11-15/h3-8,10,13,15H,9,11H2,1-2H3,(H,23,25)/t13-,15-/m0/s1. The molecule has 0 bridgehead atoms. The maximum Gasteiger partial charge on any atom is 0.313 e. The van der Waals surface area contributed by atoms with Gasteiger partial charge in [0.1, 0.15) is 12.4 Å². The number of ether oxygens (including phenoxy) is 2. The summed E-state index contributed by atoms with van der Waals surface area (Å²) < 4.78 is 10.9. The quantitative estimate of drug-likeness (QED) is 0.610. The first kappa shape index (κ1) is 19.9. The van der Waals surface area contributed by atoms with E-state index in [1.165, 1.54) is 13.8 Å². The highest BCUT2D eigenvalue weighted by Crippen LogP contribution is 2.30. The maximum absolute atomic E-state index is 12.5. The summed E-state index contributed by atoms with van der Waals surface area (Å²) in [4.78, 5) is 36.5. The van der Waals surface area contributed by atoms with Gasteiger partial charge in [0.25, 0.3) is 5.91 Å². The smallest absolute Gasteiger partial charge is 0.313 e. The molecule has 146 valence electrons. The Hall–Kier alpha value is -2.86. The lowest BCUT2D eigenvalue weighted by Crippen LogP contribution is -2.36. The summed E-state index contributed by atoms with van der Waals surface area (Å²) >= 11 is 5.99. The number of hydrogen-bond donors (Lipinski definition) is 1. The van der Waals surface area contributed by atoms with E-state index in [-0.39, 0.29) is 12.4 Å². The number of hydrogen-bond acceptors (Lipinski definition) is 5. The molecule has 0 saturated heterocycles. The Morgan fingerprint density at radius 1 is 1.21 bits per heavy atom. The van der Waals surface area contributed by atoms with E-state index in [2.05, 4.69) is 5.32 Å². The highest BCUT2D eigenvalue weighted by atomic mass is 35.5. The molecule has 0 fully saturated rings. The van der Waals surface area contributed by atoms with Crippen LogP contribution in [0.25, 0.3) is 0 Å². The van der Waals surface area contributed by atoms with Crippen molar-refractivity contribution in [2.24, 2.45) is 5.92 Å². The van der Waals surface area contributed by atoms with E-state index in [9.17, 15) is 14.4 Å². The normalized spacial score (nSPS) is 16.3. The fourth-order valence-corrected chi connectivity index (χ4v) is 3.17. The van der Waals surface area contributed by atoms with Crippen LogP contribution in [0.5, 0.6) is 5.75 Å². The molecule has 2 aromatic carbocycles. The summed E-state index contributed by atoms with van der Waals surface area (Å²) in [7, 11) is 0. The number of rotatable bonds is 5. The van der Waals surface area contributed by atoms with E-state index >= 15 is 0 Å². The Labute approximate surface area is 167 Å². The predicted molar refractivity (Wildman–Crippen MR) is 105 cm³/mol. The number of para-hydroxylation sites is 1. The minimum Gasteiger partial charge on any atom is -0.492 e. The van der Waals surface area contributed by atoms with E-state index in [1.807, 2.05) is 0 Å². The van der Waals surface area contributed by atoms with Crippen molar-refractivity contribution in [3.05, 3.63) is 58.6 Å². The third-order valence-electron chi connectivity index (χ3n) is 4.49. The Morgan fingerprint density at radius 3 is 2.71 bits per heavy atom. The highest BCUT2D eigenvalue weighted by molar-refractivity contribution is 6.30. The number of amides is 1. The maximum atomic E-state index is 12.5. The number of carbonyl (C=O) groups excluding carboxylic acids is 3. The van der Waals surface area contributed by atoms with E-state index in [1.54, 1.807) is 42.5 Å². The van der Waals surface area contributed by atoms with Gasteiger partial charge in [0.15, 0.2) is 11.9 Å². The van der Waals surface area contributed by atoms with Crippen LogP contribution in [0, 0.1) is 5.92 Å². The Kier molecular flexibility index (Phi) is 5.99. The Balaban J connectivity index is 1.61. The van der Waals surface area contributed by atoms with Crippen molar-refractivity contribution in [2.75, 3.05) is 11.9 Å². The third-order valence-corrected chi connectivity index (χ3v) is 4.72. The largest absolute Gasteiger partial charge is 0.492 e. The van der Waals surface area contributed by atoms with Gasteiger partial charge >= 0.3 is 5.97 Å². The molecule has 2 aromatic rings. The van der Waals surface area contributed by atoms with Crippen LogP contribution in [0.1, 0.15) is 29.8 Å². The van der Waals surface area contributed by atoms with Gasteiger partial charge in [-0.2, -0.15) is 0 Å². The Morgan fingerprint density at radius 2 is 1.96 bits per heavy atom. The number of anilines is 1. The van der Waals surface area contributed by atoms with Crippen LogP contribution in [0.15, 0.2) is 42.5 Å². The lowest BCUT2D eigenvalue weighted by molar-refractivity contribution is -0.158. The summed E-state index contributed by atoms with van der Waals surface area (Å²) in [6, 6.07) is 11.9. The van der Waals surface area contributed by atoms with Gasteiger partial charge in [0.2, 0.25) is 0 Å². The van der Waals surface area contributed by atoms with E-state index < -0.39 is 23.9 Å². The molecule has 0 spiro atoms. The van der Waals surface area contributed by atoms with Gasteiger partial charge < -0.3 is 14.8 Å². The van der Waals surface area contributed by atoms with Gasteiger partial charge in [-0.1, -0.05) is 23.7 Å². The zero-order valence-electron chi connectivity index (χ0n) is 15.5. The molecule has 1 amide bonds. The molecule has 1 aliphatic rings. The van der Waals surface area contributed by atoms with Crippen LogP contribution in [-0.4, -0.2) is 30.4 Å². The second-order valence-electron chi connectivity index (χ2n) is 6.63. The lowest BCUT2D eigenvalue weighted by Gasteiger charge is -2.25. The second-order valence-corrected chi connectivity index (χ2v) is 7.07. The minimum atomic E-state index is -1.02. The number of nitrogens with one attached hydrogen (secondary N) is 1. The molecular formula is C21H20ClNO5. The van der Waals surface area contributed by atoms with Crippen LogP contribution in [0.2, 0.25) is 5.02 Å². The number of Topliss-reactive ketones (excluding diaryl/α,β-unsaturated/α-hetero) is 1. The van der Waals surface area contributed by atoms with Gasteiger partial charge in [-0.05, 0) is 56.2 Å². The van der Waals surface area contributed by atoms with Crippen LogP contribution in [-0.2, 0) is 20.7 Å². The van der Waals surface area contributed by atoms with Crippen molar-refractivity contribution in [3.8, 4) is 5.75 Å². The lowest BCUT2D eigenvalue weighted by atomic mass is 9.97. The van der Waals surface area contributed by atoms with Crippen LogP contribution in [0.3, 0.4) is 0 Å². The number of carbonyl (C=O) groups is 3. The topological polar surface area (TPSA) is 81.7 Å². The molecular weight excluding hydrogens is 382 g/mol. The molecule has 1 aliphatic heterocycles. The van der Waals surface area contributed by atoms with Gasteiger partial charge in [0.05, 0.1) is 11.6 Å². The number of esters is 1. The van der Waals surface area contributed by atoms with Crippen molar-refractivity contribution in [1.82, 2.24) is 0 Å². The van der Waals surface area contributed by atoms with Crippen molar-refractivity contribution in [3.63, 3.8) is 0 Å². The molecule has 3 rings (SSSR count). The SMILES string of the molecule is CC(=O)c1ccccc1NC(=O)[C@H](C)OC(=O)[C@@H]1COc2ccc(Cl)cc2C1. The molecule has 0 radical (unpaired) electrons. The zero-order valence-corrected chi connectivity index (χ0v) is 16.3. The first-order chi connectivity index (χ1) is 13.3. The summed E-state index contributed by atoms with van der Waals surface area (Å²) in [5.74, 6) is -1.03. The second kappa shape index (κ2) is 8.44. The molecule has 6 nitrogen and oxygen atoms in total. The van der Waals surface area contributed by atoms with Gasteiger partial charge in [-0.3, -0.25) is 14.4 Å². The summed E-state index contributed by atoms with van der Waals surface area (Å²) in [5, 5.41) is 3.20. The van der Waals surface area contributed by atoms with Crippen molar-refractivity contribution < 1.29 is 23.9 Å². The molecule has 1 heterocycles. The molecule has 7 heteroatoms. The zero-order chi connectivity index (χ0) is 20.3. The van der Waals surface area contributed by atoms with Crippen LogP contribution < -0.4 is 10.1 Å². The Bertz CT molecular complexity index is 927. The summed E-state index contributed by atoms with van der Waals surface area (Å²) in [5.41, 5.74) is 1.60. The fraction of sp³-hybridized carbons (Fsp3) is 0.286. The molecule has 0 saturated carbocycles. The van der Waals surface area contributed by atoms with Gasteiger partial charge in [-0.15, -0.1) is 0 Å². The van der Waals surface area contributed by atoms with E-state index in [4.69, 9.17) is 21.1 Å². The molecule has 28 heavy (non-hydrogen) atoms. The molecule has 0 aliphatic carbocycles. The van der Waals surface area contributed by atoms with Crippen LogP contribution in [0.4, 0.5) is 5.69 Å². The first-order valence-electron chi connectivity index (χ1n) is 8.87. The summed E-state index contributed by atoms with van der Waals surface area (Å²) in [6.45, 7) is 3.08. The summed E-state index contributed by atoms with van der Waals surface area (Å²) in [6.07, 6.45) is -0.593. The number of halogens is 1. The average Bonchev–Trinajstić information content (AvgIpc) is 2.67. The van der Waals surface area contributed by atoms with E-state index in [0.29, 0.717) is 28.4 Å². The van der Waals surface area contributed by atoms with Gasteiger partial charge in [0, 0.05) is 10.6 Å². The molecule has 0 unspecified atom stereocenters. The molecule has 1 N–H and O–H groups in total. The van der Waals surface area contributed by atoms with Crippen molar-refractivity contribution in [1.29, 1.82) is 0 Å². The number of ketones is 1. The number of benzene rings is 2. The fourth-order valence-electron chi connectivity index (χ4n) is 2.97. The molecule has 2 atom stereocenters. The number of fused-ring (bicyclic) bond motifs is 1. The first-order valence-corrected chi connectivity index (χ1v) is 9.25. The highest BCUT2D eigenvalue weighted by Gasteiger charge is 2.30. The van der Waals surface area contributed by atoms with E-state index in [0.717, 1.165) is 5.56 Å². The van der Waals surface area contributed by atoms with Crippen molar-refractivity contribution >= 4 is 34.9 Å². The third kappa shape index (κ3) is 4.51. The van der Waals surface area contributed by atoms with Crippen LogP contribution >= 0.6 is 11.6 Å². The predicted octanol–water partition coefficient (Wildman–Crippen LogP) is 3.66.